The van der Waals surface area contributed by atoms with E-state index < -0.39 is 0 Å². The van der Waals surface area contributed by atoms with Crippen molar-refractivity contribution in [3.05, 3.63) is 30.6 Å². The molecule has 0 aliphatic heterocycles. The fourth-order valence-electron chi connectivity index (χ4n) is 2.83. The molecule has 1 saturated carbocycles. The summed E-state index contributed by atoms with van der Waals surface area (Å²) >= 11 is 0. The summed E-state index contributed by atoms with van der Waals surface area (Å²) in [5.74, 6) is 0.879. The van der Waals surface area contributed by atoms with E-state index >= 15 is 0 Å². The summed E-state index contributed by atoms with van der Waals surface area (Å²) < 4.78 is 2.37. The van der Waals surface area contributed by atoms with E-state index in [9.17, 15) is 0 Å². The third kappa shape index (κ3) is 2.63. The molecule has 0 atom stereocenters. The molecule has 0 saturated heterocycles. The molecule has 0 aromatic carbocycles. The molecule has 2 heterocycles. The monoisotopic (exact) mass is 250 g/mol. The SMILES string of the molecule is Cl.c1cnc2ccn(CC3CCCCC3)c2c1. The van der Waals surface area contributed by atoms with Crippen molar-refractivity contribution in [3.8, 4) is 0 Å². The Bertz CT molecular complexity index is 472. The maximum Gasteiger partial charge on any atom is 0.0880 e. The Hall–Kier alpha value is -1.02. The van der Waals surface area contributed by atoms with Crippen molar-refractivity contribution < 1.29 is 0 Å². The van der Waals surface area contributed by atoms with Crippen molar-refractivity contribution in [2.45, 2.75) is 38.6 Å². The highest BCUT2D eigenvalue weighted by Crippen LogP contribution is 2.26. The van der Waals surface area contributed by atoms with Gasteiger partial charge in [0.25, 0.3) is 0 Å². The van der Waals surface area contributed by atoms with Gasteiger partial charge in [0, 0.05) is 18.9 Å². The van der Waals surface area contributed by atoms with Crippen molar-refractivity contribution in [1.82, 2.24) is 9.55 Å². The molecule has 2 aromatic heterocycles. The average molecular weight is 251 g/mol. The Labute approximate surface area is 108 Å². The highest BCUT2D eigenvalue weighted by atomic mass is 35.5. The average Bonchev–Trinajstić information content (AvgIpc) is 2.74. The first kappa shape index (κ1) is 12.4. The van der Waals surface area contributed by atoms with Gasteiger partial charge >= 0.3 is 0 Å². The van der Waals surface area contributed by atoms with Crippen LogP contribution in [0.4, 0.5) is 0 Å². The minimum absolute atomic E-state index is 0. The Kier molecular flexibility index (Phi) is 4.06. The number of nitrogens with zero attached hydrogens (tertiary/aromatic N) is 2. The maximum absolute atomic E-state index is 4.37. The summed E-state index contributed by atoms with van der Waals surface area (Å²) in [4.78, 5) is 4.37. The van der Waals surface area contributed by atoms with Crippen LogP contribution in [0, 0.1) is 5.92 Å². The highest BCUT2D eigenvalue weighted by Gasteiger charge is 2.14. The zero-order valence-corrected chi connectivity index (χ0v) is 10.8. The van der Waals surface area contributed by atoms with Crippen LogP contribution in [0.2, 0.25) is 0 Å². The molecule has 3 heteroatoms. The number of hydrogen-bond donors (Lipinski definition) is 0. The molecule has 0 amide bonds. The molecular formula is C14H19ClN2. The van der Waals surface area contributed by atoms with Crippen molar-refractivity contribution in [2.75, 3.05) is 0 Å². The molecule has 0 spiro atoms. The summed E-state index contributed by atoms with van der Waals surface area (Å²) in [7, 11) is 0. The minimum atomic E-state index is 0. The van der Waals surface area contributed by atoms with Crippen molar-refractivity contribution >= 4 is 23.4 Å². The van der Waals surface area contributed by atoms with Gasteiger partial charge in [-0.2, -0.15) is 0 Å². The van der Waals surface area contributed by atoms with Gasteiger partial charge in [-0.15, -0.1) is 12.4 Å². The summed E-state index contributed by atoms with van der Waals surface area (Å²) in [5.41, 5.74) is 2.41. The van der Waals surface area contributed by atoms with Crippen molar-refractivity contribution in [1.29, 1.82) is 0 Å². The maximum atomic E-state index is 4.37. The molecule has 0 radical (unpaired) electrons. The summed E-state index contributed by atoms with van der Waals surface area (Å²) in [6.45, 7) is 1.18. The van der Waals surface area contributed by atoms with Gasteiger partial charge in [-0.3, -0.25) is 4.98 Å². The Morgan fingerprint density at radius 1 is 1.18 bits per heavy atom. The van der Waals surface area contributed by atoms with Crippen LogP contribution in [-0.2, 0) is 6.54 Å². The van der Waals surface area contributed by atoms with Gasteiger partial charge in [-0.05, 0) is 37.0 Å². The third-order valence-electron chi connectivity index (χ3n) is 3.72. The molecule has 92 valence electrons. The Morgan fingerprint density at radius 3 is 2.82 bits per heavy atom. The molecule has 2 aromatic rings. The fraction of sp³-hybridized carbons (Fsp3) is 0.500. The summed E-state index contributed by atoms with van der Waals surface area (Å²) in [6, 6.07) is 6.32. The smallest absolute Gasteiger partial charge is 0.0880 e. The predicted molar refractivity (Wildman–Crippen MR) is 73.6 cm³/mol. The molecule has 17 heavy (non-hydrogen) atoms. The van der Waals surface area contributed by atoms with Crippen LogP contribution in [-0.4, -0.2) is 9.55 Å². The van der Waals surface area contributed by atoms with E-state index in [1.165, 1.54) is 44.2 Å². The van der Waals surface area contributed by atoms with Crippen LogP contribution in [0.15, 0.2) is 30.6 Å². The number of hydrogen-bond acceptors (Lipinski definition) is 1. The zero-order chi connectivity index (χ0) is 10.8. The third-order valence-corrected chi connectivity index (χ3v) is 3.72. The molecule has 0 unspecified atom stereocenters. The second kappa shape index (κ2) is 5.54. The van der Waals surface area contributed by atoms with E-state index in [0.717, 1.165) is 11.4 Å². The van der Waals surface area contributed by atoms with E-state index in [4.69, 9.17) is 0 Å². The minimum Gasteiger partial charge on any atom is -0.346 e. The van der Waals surface area contributed by atoms with Gasteiger partial charge in [-0.1, -0.05) is 19.3 Å². The molecule has 0 N–H and O–H groups in total. The second-order valence-electron chi connectivity index (χ2n) is 4.88. The van der Waals surface area contributed by atoms with E-state index in [0.29, 0.717) is 0 Å². The van der Waals surface area contributed by atoms with E-state index in [2.05, 4.69) is 27.9 Å². The second-order valence-corrected chi connectivity index (χ2v) is 4.88. The number of pyridine rings is 1. The van der Waals surface area contributed by atoms with Gasteiger partial charge in [0.1, 0.15) is 0 Å². The summed E-state index contributed by atoms with van der Waals surface area (Å²) in [5, 5.41) is 0. The normalized spacial score (nSPS) is 16.9. The predicted octanol–water partition coefficient (Wildman–Crippen LogP) is 4.04. The zero-order valence-electron chi connectivity index (χ0n) is 10.0. The fourth-order valence-corrected chi connectivity index (χ4v) is 2.83. The van der Waals surface area contributed by atoms with Crippen molar-refractivity contribution in [2.24, 2.45) is 5.92 Å². The van der Waals surface area contributed by atoms with Gasteiger partial charge in [0.2, 0.25) is 0 Å². The van der Waals surface area contributed by atoms with E-state index in [1.54, 1.807) is 0 Å². The molecule has 3 rings (SSSR count). The number of fused-ring (bicyclic) bond motifs is 1. The van der Waals surface area contributed by atoms with Crippen LogP contribution in [0.1, 0.15) is 32.1 Å². The first-order valence-electron chi connectivity index (χ1n) is 6.33. The standard InChI is InChI=1S/C14H18N2.ClH/c1-2-5-12(6-3-1)11-16-10-8-13-14(16)7-4-9-15-13;/h4,7-10,12H,1-3,5-6,11H2;1H. The summed E-state index contributed by atoms with van der Waals surface area (Å²) in [6.07, 6.45) is 11.1. The number of halogens is 1. The molecular weight excluding hydrogens is 232 g/mol. The van der Waals surface area contributed by atoms with E-state index in [-0.39, 0.29) is 12.4 Å². The van der Waals surface area contributed by atoms with Crippen molar-refractivity contribution in [3.63, 3.8) is 0 Å². The van der Waals surface area contributed by atoms with Gasteiger partial charge < -0.3 is 4.57 Å². The molecule has 1 aliphatic carbocycles. The lowest BCUT2D eigenvalue weighted by Gasteiger charge is -2.22. The van der Waals surface area contributed by atoms with Crippen LogP contribution < -0.4 is 0 Å². The lowest BCUT2D eigenvalue weighted by Crippen LogP contribution is -2.13. The lowest BCUT2D eigenvalue weighted by atomic mass is 9.89. The lowest BCUT2D eigenvalue weighted by molar-refractivity contribution is 0.322. The molecule has 0 bridgehead atoms. The van der Waals surface area contributed by atoms with Crippen LogP contribution >= 0.6 is 12.4 Å². The van der Waals surface area contributed by atoms with Gasteiger partial charge in [-0.25, -0.2) is 0 Å². The quantitative estimate of drug-likeness (QED) is 0.787. The number of rotatable bonds is 2. The van der Waals surface area contributed by atoms with Crippen LogP contribution in [0.3, 0.4) is 0 Å². The Morgan fingerprint density at radius 2 is 2.00 bits per heavy atom. The first-order valence-corrected chi connectivity index (χ1v) is 6.33. The topological polar surface area (TPSA) is 17.8 Å². The van der Waals surface area contributed by atoms with E-state index in [1.807, 2.05) is 12.3 Å². The largest absolute Gasteiger partial charge is 0.346 e. The van der Waals surface area contributed by atoms with Gasteiger partial charge in [0.05, 0.1) is 11.0 Å². The number of aromatic nitrogens is 2. The first-order chi connectivity index (χ1) is 7.93. The molecule has 1 aliphatic rings. The molecule has 1 fully saturated rings. The van der Waals surface area contributed by atoms with Gasteiger partial charge in [0.15, 0.2) is 0 Å². The van der Waals surface area contributed by atoms with Crippen LogP contribution in [0.5, 0.6) is 0 Å². The Balaban J connectivity index is 0.00000108. The molecule has 2 nitrogen and oxygen atoms in total. The van der Waals surface area contributed by atoms with Crippen LogP contribution in [0.25, 0.3) is 11.0 Å². The highest BCUT2D eigenvalue weighted by molar-refractivity contribution is 5.85.